The minimum absolute atomic E-state index is 0.0245. The molecule has 200 valence electrons. The van der Waals surface area contributed by atoms with E-state index in [0.29, 0.717) is 11.1 Å². The summed E-state index contributed by atoms with van der Waals surface area (Å²) in [5.74, 6) is -3.07. The van der Waals surface area contributed by atoms with Gasteiger partial charge >= 0.3 is 18.0 Å². The summed E-state index contributed by atoms with van der Waals surface area (Å²) in [6.45, 7) is 1.18. The van der Waals surface area contributed by atoms with Gasteiger partial charge in [0.2, 0.25) is 0 Å². The summed E-state index contributed by atoms with van der Waals surface area (Å²) < 4.78 is 64.5. The molecule has 0 aliphatic rings. The van der Waals surface area contributed by atoms with Crippen molar-refractivity contribution in [3.8, 4) is 16.9 Å². The van der Waals surface area contributed by atoms with Crippen molar-refractivity contribution in [2.75, 3.05) is 0 Å². The largest absolute Gasteiger partial charge is 0.511 e. The van der Waals surface area contributed by atoms with E-state index in [-0.39, 0.29) is 21.7 Å². The molecule has 4 aromatic rings. The number of hydrogen-bond acceptors (Lipinski definition) is 4. The number of carbonyl (C=O) groups is 1. The van der Waals surface area contributed by atoms with Crippen molar-refractivity contribution < 1.29 is 37.3 Å². The summed E-state index contributed by atoms with van der Waals surface area (Å²) in [4.78, 5) is 22.9. The third kappa shape index (κ3) is 4.41. The van der Waals surface area contributed by atoms with Crippen LogP contribution in [0, 0.1) is 5.82 Å². The van der Waals surface area contributed by atoms with Gasteiger partial charge in [0.15, 0.2) is 17.2 Å². The number of imidazole rings is 1. The van der Waals surface area contributed by atoms with Crippen molar-refractivity contribution in [2.24, 2.45) is 14.1 Å². The number of aromatic nitrogens is 2. The number of carboxylic acid groups (broad SMARTS) is 1. The van der Waals surface area contributed by atoms with E-state index in [2.05, 4.69) is 4.74 Å². The van der Waals surface area contributed by atoms with E-state index < -0.39 is 46.7 Å². The lowest BCUT2D eigenvalue weighted by molar-refractivity contribution is -0.274. The molecule has 0 amide bonds. The lowest BCUT2D eigenvalue weighted by atomic mass is 9.77. The van der Waals surface area contributed by atoms with Gasteiger partial charge in [-0.1, -0.05) is 42.8 Å². The van der Waals surface area contributed by atoms with E-state index in [1.165, 1.54) is 60.5 Å². The van der Waals surface area contributed by atoms with E-state index in [1.807, 2.05) is 0 Å². The van der Waals surface area contributed by atoms with E-state index in [9.17, 15) is 32.3 Å². The zero-order chi connectivity index (χ0) is 28.2. The zero-order valence-electron chi connectivity index (χ0n) is 20.2. The Balaban J connectivity index is 1.77. The molecule has 1 aromatic heterocycles. The van der Waals surface area contributed by atoms with Crippen LogP contribution in [0.1, 0.15) is 24.0 Å². The number of halogens is 5. The SMILES string of the molecule is CC(c1ccc(-c2ccc(OC(=O)O)c(F)c2)cc1Cl)C(O)(c1ccc2c(c1)n(C)c(=O)n2C)C(F)(F)F. The molecule has 0 aliphatic carbocycles. The molecule has 3 aromatic carbocycles. The number of hydrogen-bond donors (Lipinski definition) is 2. The van der Waals surface area contributed by atoms with Crippen molar-refractivity contribution in [3.63, 3.8) is 0 Å². The Labute approximate surface area is 218 Å². The number of benzene rings is 3. The topological polar surface area (TPSA) is 93.7 Å². The van der Waals surface area contributed by atoms with Gasteiger partial charge in [-0.2, -0.15) is 13.2 Å². The van der Waals surface area contributed by atoms with Gasteiger partial charge in [0, 0.05) is 25.0 Å². The van der Waals surface area contributed by atoms with Crippen LogP contribution < -0.4 is 10.4 Å². The van der Waals surface area contributed by atoms with Gasteiger partial charge in [-0.05, 0) is 52.6 Å². The van der Waals surface area contributed by atoms with Crippen LogP contribution in [0.25, 0.3) is 22.2 Å². The van der Waals surface area contributed by atoms with Crippen molar-refractivity contribution in [1.82, 2.24) is 9.13 Å². The van der Waals surface area contributed by atoms with Gasteiger partial charge in [0.25, 0.3) is 0 Å². The van der Waals surface area contributed by atoms with Gasteiger partial charge in [-0.3, -0.25) is 9.13 Å². The molecule has 4 rings (SSSR count). The molecule has 2 atom stereocenters. The summed E-state index contributed by atoms with van der Waals surface area (Å²) in [6, 6.07) is 11.1. The van der Waals surface area contributed by atoms with Gasteiger partial charge < -0.3 is 14.9 Å². The highest BCUT2D eigenvalue weighted by molar-refractivity contribution is 6.31. The van der Waals surface area contributed by atoms with Crippen LogP contribution in [-0.2, 0) is 19.7 Å². The molecule has 12 heteroatoms. The lowest BCUT2D eigenvalue weighted by Crippen LogP contribution is -2.46. The molecule has 0 spiro atoms. The first kappa shape index (κ1) is 27.2. The normalized spacial score (nSPS) is 14.3. The Bertz CT molecular complexity index is 1630. The maximum Gasteiger partial charge on any atom is 0.511 e. The summed E-state index contributed by atoms with van der Waals surface area (Å²) in [5, 5.41) is 19.8. The van der Waals surface area contributed by atoms with Crippen molar-refractivity contribution >= 4 is 28.8 Å². The molecule has 0 radical (unpaired) electrons. The Morgan fingerprint density at radius 3 is 2.16 bits per heavy atom. The predicted molar refractivity (Wildman–Crippen MR) is 132 cm³/mol. The third-order valence-corrected chi connectivity index (χ3v) is 7.03. The average molecular weight is 553 g/mol. The molecule has 1 heterocycles. The number of fused-ring (bicyclic) bond motifs is 1. The smallest absolute Gasteiger partial charge is 0.449 e. The maximum atomic E-state index is 14.5. The fraction of sp³-hybridized carbons (Fsp3) is 0.231. The number of alkyl halides is 3. The van der Waals surface area contributed by atoms with Crippen LogP contribution in [0.15, 0.2) is 59.4 Å². The van der Waals surface area contributed by atoms with Gasteiger partial charge in [-0.25, -0.2) is 14.0 Å². The highest BCUT2D eigenvalue weighted by Crippen LogP contribution is 2.50. The van der Waals surface area contributed by atoms with E-state index in [0.717, 1.165) is 24.3 Å². The Kier molecular flexibility index (Phi) is 6.79. The van der Waals surface area contributed by atoms with Crippen LogP contribution in [0.4, 0.5) is 22.4 Å². The molecular formula is C26H21ClF4N2O5. The van der Waals surface area contributed by atoms with Crippen molar-refractivity contribution in [3.05, 3.63) is 87.0 Å². The molecule has 0 saturated carbocycles. The lowest BCUT2D eigenvalue weighted by Gasteiger charge is -2.37. The van der Waals surface area contributed by atoms with Crippen LogP contribution in [-0.4, -0.2) is 31.7 Å². The molecule has 0 bridgehead atoms. The summed E-state index contributed by atoms with van der Waals surface area (Å²) in [5.41, 5.74) is -3.09. The highest BCUT2D eigenvalue weighted by Gasteiger charge is 2.59. The molecule has 2 N–H and O–H groups in total. The zero-order valence-corrected chi connectivity index (χ0v) is 20.9. The molecular weight excluding hydrogens is 532 g/mol. The highest BCUT2D eigenvalue weighted by atomic mass is 35.5. The number of nitrogens with zero attached hydrogens (tertiary/aromatic N) is 2. The molecule has 0 fully saturated rings. The van der Waals surface area contributed by atoms with E-state index >= 15 is 0 Å². The quantitative estimate of drug-likeness (QED) is 0.181. The number of aryl methyl sites for hydroxylation is 2. The second-order valence-corrected chi connectivity index (χ2v) is 9.25. The van der Waals surface area contributed by atoms with Gasteiger partial charge in [-0.15, -0.1) is 0 Å². The van der Waals surface area contributed by atoms with Crippen LogP contribution >= 0.6 is 11.6 Å². The van der Waals surface area contributed by atoms with Crippen LogP contribution in [0.5, 0.6) is 5.75 Å². The number of aliphatic hydroxyl groups is 1. The fourth-order valence-corrected chi connectivity index (χ4v) is 4.89. The van der Waals surface area contributed by atoms with E-state index in [1.54, 1.807) is 0 Å². The first-order chi connectivity index (χ1) is 17.7. The summed E-state index contributed by atoms with van der Waals surface area (Å²) in [6.07, 6.45) is -6.82. The molecule has 0 aliphatic heterocycles. The summed E-state index contributed by atoms with van der Waals surface area (Å²) >= 11 is 6.38. The standard InChI is InChI=1S/C26H21ClF4N2O5/c1-13(17-7-4-14(10-18(17)27)15-5-9-22(19(28)11-15)38-24(35)36)25(37,26(29,30)31)16-6-8-20-21(12-16)33(3)23(34)32(20)2/h4-13,37H,1-3H3,(H,35,36). The van der Waals surface area contributed by atoms with E-state index in [4.69, 9.17) is 16.7 Å². The van der Waals surface area contributed by atoms with Gasteiger partial charge in [0.05, 0.1) is 11.0 Å². The molecule has 2 unspecified atom stereocenters. The Morgan fingerprint density at radius 1 is 0.974 bits per heavy atom. The third-order valence-electron chi connectivity index (χ3n) is 6.70. The molecule has 38 heavy (non-hydrogen) atoms. The second-order valence-electron chi connectivity index (χ2n) is 8.84. The molecule has 0 saturated heterocycles. The fourth-order valence-electron chi connectivity index (χ4n) is 4.54. The van der Waals surface area contributed by atoms with Crippen molar-refractivity contribution in [1.29, 1.82) is 0 Å². The van der Waals surface area contributed by atoms with Crippen LogP contribution in [0.3, 0.4) is 0 Å². The minimum atomic E-state index is -5.13. The minimum Gasteiger partial charge on any atom is -0.449 e. The second kappa shape index (κ2) is 9.48. The van der Waals surface area contributed by atoms with Gasteiger partial charge in [0.1, 0.15) is 0 Å². The maximum absolute atomic E-state index is 14.5. The Morgan fingerprint density at radius 2 is 1.58 bits per heavy atom. The predicted octanol–water partition coefficient (Wildman–Crippen LogP) is 5.95. The summed E-state index contributed by atoms with van der Waals surface area (Å²) in [7, 11) is 2.91. The average Bonchev–Trinajstić information content (AvgIpc) is 3.06. The van der Waals surface area contributed by atoms with Crippen molar-refractivity contribution in [2.45, 2.75) is 24.6 Å². The monoisotopic (exact) mass is 552 g/mol. The van der Waals surface area contributed by atoms with Crippen LogP contribution in [0.2, 0.25) is 5.02 Å². The number of ether oxygens (including phenoxy) is 1. The first-order valence-electron chi connectivity index (χ1n) is 11.1. The Hall–Kier alpha value is -3.83. The first-order valence-corrected chi connectivity index (χ1v) is 11.5. The molecule has 7 nitrogen and oxygen atoms in total. The number of rotatable bonds is 5.